The molecular formula is C23H26N2O2. The summed E-state index contributed by atoms with van der Waals surface area (Å²) < 4.78 is 0. The fraction of sp³-hybridized carbons (Fsp3) is 0.391. The predicted octanol–water partition coefficient (Wildman–Crippen LogP) is 3.98. The van der Waals surface area contributed by atoms with Gasteiger partial charge in [-0.3, -0.25) is 9.59 Å². The second kappa shape index (κ2) is 7.18. The summed E-state index contributed by atoms with van der Waals surface area (Å²) in [7, 11) is 0. The van der Waals surface area contributed by atoms with Crippen LogP contribution >= 0.6 is 0 Å². The van der Waals surface area contributed by atoms with Crippen LogP contribution in [0.5, 0.6) is 0 Å². The summed E-state index contributed by atoms with van der Waals surface area (Å²) in [6.07, 6.45) is 3.30. The minimum atomic E-state index is -0.208. The van der Waals surface area contributed by atoms with Gasteiger partial charge >= 0.3 is 0 Å². The number of fused-ring (bicyclic) bond motifs is 1. The average molecular weight is 362 g/mol. The Labute approximate surface area is 160 Å². The van der Waals surface area contributed by atoms with Crippen LogP contribution in [0, 0.1) is 11.8 Å². The van der Waals surface area contributed by atoms with E-state index in [0.717, 1.165) is 48.3 Å². The van der Waals surface area contributed by atoms with Gasteiger partial charge in [-0.05, 0) is 48.4 Å². The van der Waals surface area contributed by atoms with Crippen LogP contribution in [0.1, 0.15) is 37.0 Å². The molecule has 4 heteroatoms. The van der Waals surface area contributed by atoms with Crippen LogP contribution in [0.3, 0.4) is 0 Å². The van der Waals surface area contributed by atoms with Gasteiger partial charge < -0.3 is 10.2 Å². The second-order valence-electron chi connectivity index (χ2n) is 7.46. The first kappa shape index (κ1) is 17.8. The zero-order valence-electron chi connectivity index (χ0n) is 16.0. The van der Waals surface area contributed by atoms with E-state index in [1.807, 2.05) is 29.2 Å². The van der Waals surface area contributed by atoms with Crippen LogP contribution in [0.2, 0.25) is 0 Å². The van der Waals surface area contributed by atoms with Crippen LogP contribution in [0.4, 0.5) is 11.4 Å². The van der Waals surface area contributed by atoms with E-state index in [2.05, 4.69) is 37.4 Å². The van der Waals surface area contributed by atoms with Gasteiger partial charge in [0.2, 0.25) is 11.8 Å². The van der Waals surface area contributed by atoms with Crippen LogP contribution in [0.15, 0.2) is 42.5 Å². The molecule has 0 bridgehead atoms. The van der Waals surface area contributed by atoms with Gasteiger partial charge in [0.05, 0.1) is 11.8 Å². The third kappa shape index (κ3) is 3.25. The summed E-state index contributed by atoms with van der Waals surface area (Å²) >= 11 is 0. The third-order valence-corrected chi connectivity index (χ3v) is 5.84. The topological polar surface area (TPSA) is 49.4 Å². The summed E-state index contributed by atoms with van der Waals surface area (Å²) in [5.41, 5.74) is 5.48. The van der Waals surface area contributed by atoms with Gasteiger partial charge in [0, 0.05) is 17.9 Å². The van der Waals surface area contributed by atoms with E-state index in [4.69, 9.17) is 0 Å². The van der Waals surface area contributed by atoms with Crippen LogP contribution < -0.4 is 10.2 Å². The number of anilines is 2. The summed E-state index contributed by atoms with van der Waals surface area (Å²) in [4.78, 5) is 27.6. The molecule has 2 aromatic rings. The molecule has 1 aliphatic heterocycles. The van der Waals surface area contributed by atoms with Crippen LogP contribution in [0.25, 0.3) is 0 Å². The summed E-state index contributed by atoms with van der Waals surface area (Å²) in [5.74, 6) is -0.314. The summed E-state index contributed by atoms with van der Waals surface area (Å²) in [5, 5.41) is 3.13. The van der Waals surface area contributed by atoms with E-state index in [9.17, 15) is 9.59 Å². The average Bonchev–Trinajstić information content (AvgIpc) is 3.39. The Morgan fingerprint density at radius 2 is 1.70 bits per heavy atom. The molecule has 140 valence electrons. The van der Waals surface area contributed by atoms with Gasteiger partial charge in [-0.15, -0.1) is 0 Å². The largest absolute Gasteiger partial charge is 0.325 e. The Balaban J connectivity index is 1.45. The third-order valence-electron chi connectivity index (χ3n) is 5.84. The zero-order valence-corrected chi connectivity index (χ0v) is 16.0. The maximum absolute atomic E-state index is 12.9. The molecule has 2 unspecified atom stereocenters. The minimum Gasteiger partial charge on any atom is -0.325 e. The molecule has 0 aromatic heterocycles. The highest BCUT2D eigenvalue weighted by atomic mass is 16.2. The molecule has 27 heavy (non-hydrogen) atoms. The maximum Gasteiger partial charge on any atom is 0.230 e. The smallest absolute Gasteiger partial charge is 0.230 e. The van der Waals surface area contributed by atoms with E-state index < -0.39 is 0 Å². The van der Waals surface area contributed by atoms with Gasteiger partial charge in [0.15, 0.2) is 0 Å². The van der Waals surface area contributed by atoms with Crippen molar-refractivity contribution in [1.82, 2.24) is 0 Å². The fourth-order valence-corrected chi connectivity index (χ4v) is 4.14. The highest BCUT2D eigenvalue weighted by Crippen LogP contribution is 2.43. The van der Waals surface area contributed by atoms with Crippen molar-refractivity contribution in [1.29, 1.82) is 0 Å². The van der Waals surface area contributed by atoms with Crippen LogP contribution in [-0.4, -0.2) is 18.4 Å². The first-order valence-electron chi connectivity index (χ1n) is 9.95. The van der Waals surface area contributed by atoms with Crippen LogP contribution in [-0.2, 0) is 28.9 Å². The maximum atomic E-state index is 12.9. The van der Waals surface area contributed by atoms with E-state index in [-0.39, 0.29) is 23.7 Å². The number of aryl methyl sites for hydroxylation is 2. The number of hydrogen-bond acceptors (Lipinski definition) is 2. The number of rotatable bonds is 5. The molecular weight excluding hydrogens is 336 g/mol. The van der Waals surface area contributed by atoms with E-state index in [1.54, 1.807) is 0 Å². The molecule has 4 nitrogen and oxygen atoms in total. The first-order valence-corrected chi connectivity index (χ1v) is 9.95. The number of nitrogens with one attached hydrogen (secondary N) is 1. The fourth-order valence-electron chi connectivity index (χ4n) is 4.14. The standard InChI is InChI=1S/C23H26N2O2/c1-3-15-9-7-10-16(4-2)21(15)24-22(26)18-14-19(18)23(27)25-13-12-17-8-5-6-11-20(17)25/h5-11,18-19H,3-4,12-14H2,1-2H3,(H,24,26). The Morgan fingerprint density at radius 1 is 1.00 bits per heavy atom. The SMILES string of the molecule is CCc1cccc(CC)c1NC(=O)C1CC1C(=O)N1CCc2ccccc21. The number of carbonyl (C=O) groups excluding carboxylic acids is 2. The predicted molar refractivity (Wildman–Crippen MR) is 108 cm³/mol. The minimum absolute atomic E-state index is 0.0172. The lowest BCUT2D eigenvalue weighted by Crippen LogP contribution is -2.32. The summed E-state index contributed by atoms with van der Waals surface area (Å²) in [6.45, 7) is 4.92. The number of hydrogen-bond donors (Lipinski definition) is 1. The molecule has 2 aromatic carbocycles. The van der Waals surface area contributed by atoms with Crippen molar-refractivity contribution in [3.8, 4) is 0 Å². The molecule has 1 N–H and O–H groups in total. The lowest BCUT2D eigenvalue weighted by molar-refractivity contribution is -0.123. The van der Waals surface area contributed by atoms with Crippen molar-refractivity contribution in [2.45, 2.75) is 39.5 Å². The monoisotopic (exact) mass is 362 g/mol. The quantitative estimate of drug-likeness (QED) is 0.875. The van der Waals surface area contributed by atoms with Gasteiger partial charge in [0.25, 0.3) is 0 Å². The molecule has 1 heterocycles. The zero-order chi connectivity index (χ0) is 19.0. The lowest BCUT2D eigenvalue weighted by Gasteiger charge is -2.18. The van der Waals surface area contributed by atoms with Gasteiger partial charge in [-0.25, -0.2) is 0 Å². The highest BCUT2D eigenvalue weighted by molar-refractivity contribution is 6.05. The van der Waals surface area contributed by atoms with E-state index >= 15 is 0 Å². The molecule has 2 amide bonds. The van der Waals surface area contributed by atoms with Crippen molar-refractivity contribution in [3.63, 3.8) is 0 Å². The van der Waals surface area contributed by atoms with Crippen molar-refractivity contribution < 1.29 is 9.59 Å². The Morgan fingerprint density at radius 3 is 2.41 bits per heavy atom. The Bertz CT molecular complexity index is 867. The van der Waals surface area contributed by atoms with Crippen molar-refractivity contribution >= 4 is 23.2 Å². The summed E-state index contributed by atoms with van der Waals surface area (Å²) in [6, 6.07) is 14.2. The van der Waals surface area contributed by atoms with Crippen molar-refractivity contribution in [2.75, 3.05) is 16.8 Å². The lowest BCUT2D eigenvalue weighted by atomic mass is 10.0. The molecule has 1 fully saturated rings. The Hall–Kier alpha value is -2.62. The van der Waals surface area contributed by atoms with Crippen molar-refractivity contribution in [2.24, 2.45) is 11.8 Å². The van der Waals surface area contributed by atoms with Gasteiger partial charge in [-0.2, -0.15) is 0 Å². The van der Waals surface area contributed by atoms with E-state index in [0.29, 0.717) is 6.42 Å². The van der Waals surface area contributed by atoms with Crippen molar-refractivity contribution in [3.05, 3.63) is 59.2 Å². The van der Waals surface area contributed by atoms with Gasteiger partial charge in [-0.1, -0.05) is 50.2 Å². The molecule has 0 radical (unpaired) electrons. The number of carbonyl (C=O) groups is 2. The molecule has 0 spiro atoms. The normalized spacial score (nSPS) is 20.3. The number of para-hydroxylation sites is 2. The molecule has 1 saturated carbocycles. The molecule has 2 atom stereocenters. The number of amides is 2. The Kier molecular flexibility index (Phi) is 4.73. The van der Waals surface area contributed by atoms with Gasteiger partial charge in [0.1, 0.15) is 0 Å². The molecule has 4 rings (SSSR count). The van der Waals surface area contributed by atoms with E-state index in [1.165, 1.54) is 5.56 Å². The first-order chi connectivity index (χ1) is 13.1. The highest BCUT2D eigenvalue weighted by Gasteiger charge is 2.50. The molecule has 2 aliphatic rings. The second-order valence-corrected chi connectivity index (χ2v) is 7.46. The molecule has 1 aliphatic carbocycles. The molecule has 0 saturated heterocycles. The number of nitrogens with zero attached hydrogens (tertiary/aromatic N) is 1. The number of benzene rings is 2.